The Kier molecular flexibility index (Phi) is 3.54. The highest BCUT2D eigenvalue weighted by atomic mass is 16.5. The molecule has 1 saturated heterocycles. The van der Waals surface area contributed by atoms with E-state index in [0.717, 1.165) is 43.3 Å². The highest BCUT2D eigenvalue weighted by molar-refractivity contribution is 5.03. The first kappa shape index (κ1) is 12.3. The lowest BCUT2D eigenvalue weighted by atomic mass is 9.93. The number of aromatic nitrogens is 5. The molecule has 1 aliphatic heterocycles. The number of piperidine rings is 1. The lowest BCUT2D eigenvalue weighted by Gasteiger charge is -2.30. The number of tetrazole rings is 1. The number of H-pyrrole nitrogens is 1. The van der Waals surface area contributed by atoms with Gasteiger partial charge in [0.05, 0.1) is 12.2 Å². The summed E-state index contributed by atoms with van der Waals surface area (Å²) in [6.07, 6.45) is 3.26. The van der Waals surface area contributed by atoms with E-state index in [2.05, 4.69) is 30.7 Å². The summed E-state index contributed by atoms with van der Waals surface area (Å²) in [5.74, 6) is 2.43. The number of hydrogen-bond donors (Lipinski definition) is 1. The Morgan fingerprint density at radius 3 is 2.89 bits per heavy atom. The van der Waals surface area contributed by atoms with E-state index in [1.54, 1.807) is 0 Å². The second-order valence-electron chi connectivity index (χ2n) is 5.19. The van der Waals surface area contributed by atoms with Crippen molar-refractivity contribution in [2.75, 3.05) is 13.1 Å². The van der Waals surface area contributed by atoms with Crippen LogP contribution in [0.25, 0.3) is 0 Å². The lowest BCUT2D eigenvalue weighted by molar-refractivity contribution is 0.160. The van der Waals surface area contributed by atoms with Crippen molar-refractivity contribution in [3.8, 4) is 0 Å². The summed E-state index contributed by atoms with van der Waals surface area (Å²) >= 11 is 0. The summed E-state index contributed by atoms with van der Waals surface area (Å²) < 4.78 is 5.26. The number of aryl methyl sites for hydroxylation is 1. The highest BCUT2D eigenvalue weighted by Crippen LogP contribution is 2.21. The molecule has 0 spiro atoms. The Balaban J connectivity index is 1.46. The molecule has 1 aliphatic rings. The number of aromatic amines is 1. The zero-order valence-electron chi connectivity index (χ0n) is 11.0. The molecule has 0 unspecified atom stereocenters. The number of nitrogens with zero attached hydrogens (tertiary/aromatic N) is 5. The molecule has 3 rings (SSSR count). The van der Waals surface area contributed by atoms with E-state index in [-0.39, 0.29) is 0 Å². The predicted octanol–water partition coefficient (Wildman–Crippen LogP) is 0.951. The fourth-order valence-electron chi connectivity index (χ4n) is 2.59. The van der Waals surface area contributed by atoms with E-state index in [1.807, 2.05) is 13.0 Å². The van der Waals surface area contributed by atoms with Gasteiger partial charge in [0.2, 0.25) is 0 Å². The second-order valence-corrected chi connectivity index (χ2v) is 5.19. The van der Waals surface area contributed by atoms with Crippen LogP contribution in [-0.4, -0.2) is 43.8 Å². The molecule has 0 atom stereocenters. The Morgan fingerprint density at radius 2 is 2.26 bits per heavy atom. The van der Waals surface area contributed by atoms with E-state index >= 15 is 0 Å². The molecule has 0 aromatic carbocycles. The van der Waals surface area contributed by atoms with Crippen molar-refractivity contribution in [3.05, 3.63) is 23.3 Å². The quantitative estimate of drug-likeness (QED) is 0.883. The van der Waals surface area contributed by atoms with Crippen LogP contribution in [0.4, 0.5) is 0 Å². The molecule has 7 nitrogen and oxygen atoms in total. The van der Waals surface area contributed by atoms with Crippen molar-refractivity contribution in [1.29, 1.82) is 0 Å². The minimum absolute atomic E-state index is 0.658. The van der Waals surface area contributed by atoms with Crippen LogP contribution in [0.5, 0.6) is 0 Å². The molecule has 0 amide bonds. The number of hydrogen-bond acceptors (Lipinski definition) is 6. The highest BCUT2D eigenvalue weighted by Gasteiger charge is 2.21. The molecule has 0 saturated carbocycles. The van der Waals surface area contributed by atoms with Gasteiger partial charge in [-0.25, -0.2) is 0 Å². The van der Waals surface area contributed by atoms with Gasteiger partial charge in [-0.3, -0.25) is 4.90 Å². The zero-order valence-corrected chi connectivity index (χ0v) is 11.0. The van der Waals surface area contributed by atoms with Gasteiger partial charge < -0.3 is 4.52 Å². The molecule has 7 heteroatoms. The van der Waals surface area contributed by atoms with Gasteiger partial charge in [-0.15, -0.1) is 10.2 Å². The Morgan fingerprint density at radius 1 is 1.42 bits per heavy atom. The van der Waals surface area contributed by atoms with Gasteiger partial charge in [0, 0.05) is 12.5 Å². The van der Waals surface area contributed by atoms with Gasteiger partial charge in [-0.1, -0.05) is 10.4 Å². The maximum Gasteiger partial charge on any atom is 0.174 e. The molecule has 2 aromatic heterocycles. The second kappa shape index (κ2) is 5.48. The van der Waals surface area contributed by atoms with E-state index in [4.69, 9.17) is 4.52 Å². The van der Waals surface area contributed by atoms with E-state index in [1.165, 1.54) is 12.8 Å². The zero-order chi connectivity index (χ0) is 13.1. The Hall–Kier alpha value is -1.76. The molecule has 1 N–H and O–H groups in total. The minimum Gasteiger partial charge on any atom is -0.360 e. The predicted molar refractivity (Wildman–Crippen MR) is 67.1 cm³/mol. The normalized spacial score (nSPS) is 17.9. The first-order valence-electron chi connectivity index (χ1n) is 6.66. The maximum atomic E-state index is 5.26. The fraction of sp³-hybridized carbons (Fsp3) is 0.667. The summed E-state index contributed by atoms with van der Waals surface area (Å²) in [4.78, 5) is 2.41. The summed E-state index contributed by atoms with van der Waals surface area (Å²) in [6.45, 7) is 4.98. The van der Waals surface area contributed by atoms with Crippen molar-refractivity contribution in [3.63, 3.8) is 0 Å². The van der Waals surface area contributed by atoms with Crippen molar-refractivity contribution < 1.29 is 4.52 Å². The van der Waals surface area contributed by atoms with Gasteiger partial charge in [-0.05, 0) is 38.8 Å². The van der Waals surface area contributed by atoms with Gasteiger partial charge >= 0.3 is 0 Å². The molecule has 1 fully saturated rings. The fourth-order valence-corrected chi connectivity index (χ4v) is 2.59. The summed E-state index contributed by atoms with van der Waals surface area (Å²) in [7, 11) is 0. The topological polar surface area (TPSA) is 83.7 Å². The number of likely N-dealkylation sites (tertiary alicyclic amines) is 1. The van der Waals surface area contributed by atoms with Gasteiger partial charge in [-0.2, -0.15) is 5.21 Å². The van der Waals surface area contributed by atoms with Crippen LogP contribution in [0.2, 0.25) is 0 Å². The molecular weight excluding hydrogens is 244 g/mol. The van der Waals surface area contributed by atoms with Crippen molar-refractivity contribution in [1.82, 2.24) is 30.7 Å². The number of rotatable bonds is 4. The third-order valence-corrected chi connectivity index (χ3v) is 3.62. The summed E-state index contributed by atoms with van der Waals surface area (Å²) in [6, 6.07) is 2.01. The molecule has 102 valence electrons. The first-order chi connectivity index (χ1) is 9.29. The van der Waals surface area contributed by atoms with Crippen molar-refractivity contribution in [2.24, 2.45) is 5.92 Å². The van der Waals surface area contributed by atoms with E-state index in [9.17, 15) is 0 Å². The van der Waals surface area contributed by atoms with Crippen LogP contribution in [0.15, 0.2) is 10.6 Å². The third-order valence-electron chi connectivity index (χ3n) is 3.62. The monoisotopic (exact) mass is 262 g/mol. The standard InChI is InChI=1S/C12H18N6O/c1-9-6-11(19-15-9)8-18-4-2-10(3-5-18)7-12-13-16-17-14-12/h6,10H,2-5,7-8H2,1H3,(H,13,14,16,17). The maximum absolute atomic E-state index is 5.26. The van der Waals surface area contributed by atoms with Gasteiger partial charge in [0.15, 0.2) is 11.6 Å². The number of nitrogens with one attached hydrogen (secondary N) is 1. The van der Waals surface area contributed by atoms with Crippen LogP contribution in [0, 0.1) is 12.8 Å². The molecular formula is C12H18N6O. The minimum atomic E-state index is 0.658. The van der Waals surface area contributed by atoms with E-state index < -0.39 is 0 Å². The lowest BCUT2D eigenvalue weighted by Crippen LogP contribution is -2.33. The average Bonchev–Trinajstić information content (AvgIpc) is 3.04. The summed E-state index contributed by atoms with van der Waals surface area (Å²) in [5, 5.41) is 18.0. The SMILES string of the molecule is Cc1cc(CN2CCC(Cc3nn[nH]n3)CC2)on1. The Labute approximate surface area is 111 Å². The smallest absolute Gasteiger partial charge is 0.174 e. The average molecular weight is 262 g/mol. The van der Waals surface area contributed by atoms with Crippen LogP contribution in [-0.2, 0) is 13.0 Å². The molecule has 0 bridgehead atoms. The van der Waals surface area contributed by atoms with Crippen molar-refractivity contribution in [2.45, 2.75) is 32.7 Å². The van der Waals surface area contributed by atoms with Crippen LogP contribution >= 0.6 is 0 Å². The van der Waals surface area contributed by atoms with Crippen LogP contribution < -0.4 is 0 Å². The van der Waals surface area contributed by atoms with Crippen LogP contribution in [0.3, 0.4) is 0 Å². The molecule has 0 radical (unpaired) electrons. The van der Waals surface area contributed by atoms with Gasteiger partial charge in [0.1, 0.15) is 0 Å². The Bertz CT molecular complexity index is 500. The van der Waals surface area contributed by atoms with Crippen molar-refractivity contribution >= 4 is 0 Å². The first-order valence-corrected chi connectivity index (χ1v) is 6.66. The third kappa shape index (κ3) is 3.17. The molecule has 2 aromatic rings. The largest absolute Gasteiger partial charge is 0.360 e. The van der Waals surface area contributed by atoms with Crippen LogP contribution in [0.1, 0.15) is 30.1 Å². The molecule has 0 aliphatic carbocycles. The molecule has 3 heterocycles. The summed E-state index contributed by atoms with van der Waals surface area (Å²) in [5.41, 5.74) is 0.946. The van der Waals surface area contributed by atoms with Gasteiger partial charge in [0.25, 0.3) is 0 Å². The molecule has 19 heavy (non-hydrogen) atoms. The van der Waals surface area contributed by atoms with E-state index in [0.29, 0.717) is 5.92 Å².